The molecule has 2 rings (SSSR count). The third-order valence-corrected chi connectivity index (χ3v) is 2.40. The van der Waals surface area contributed by atoms with Gasteiger partial charge in [0.05, 0.1) is 13.2 Å². The lowest BCUT2D eigenvalue weighted by Crippen LogP contribution is -2.09. The average Bonchev–Trinajstić information content (AvgIpc) is 2.75. The van der Waals surface area contributed by atoms with Crippen LogP contribution in [0.25, 0.3) is 11.1 Å². The summed E-state index contributed by atoms with van der Waals surface area (Å²) in [6, 6.07) is 5.88. The van der Waals surface area contributed by atoms with Crippen molar-refractivity contribution in [3.05, 3.63) is 30.9 Å². The summed E-state index contributed by atoms with van der Waals surface area (Å²) in [6.45, 7) is 5.57. The van der Waals surface area contributed by atoms with Crippen molar-refractivity contribution in [3.8, 4) is 0 Å². The Hall–Kier alpha value is -2.01. The van der Waals surface area contributed by atoms with Crippen molar-refractivity contribution < 1.29 is 9.15 Å². The molecule has 1 aromatic heterocycles. The van der Waals surface area contributed by atoms with E-state index in [0.29, 0.717) is 37.0 Å². The van der Waals surface area contributed by atoms with Gasteiger partial charge in [-0.1, -0.05) is 6.08 Å². The number of hydrogen-bond acceptors (Lipinski definition) is 5. The molecule has 0 saturated heterocycles. The van der Waals surface area contributed by atoms with Gasteiger partial charge in [-0.15, -0.1) is 6.58 Å². The minimum atomic E-state index is 0.489. The van der Waals surface area contributed by atoms with Crippen LogP contribution in [-0.4, -0.2) is 24.7 Å². The van der Waals surface area contributed by atoms with Crippen LogP contribution in [0.15, 0.2) is 35.3 Å². The molecular weight excluding hydrogens is 230 g/mol. The highest BCUT2D eigenvalue weighted by molar-refractivity contribution is 5.77. The van der Waals surface area contributed by atoms with Crippen molar-refractivity contribution in [3.63, 3.8) is 0 Å². The minimum absolute atomic E-state index is 0.489. The molecule has 0 amide bonds. The molecule has 3 N–H and O–H groups in total. The molecular formula is C13H17N3O2. The first-order chi connectivity index (χ1) is 8.79. The van der Waals surface area contributed by atoms with E-state index in [-0.39, 0.29) is 0 Å². The molecule has 0 aliphatic carbocycles. The van der Waals surface area contributed by atoms with Gasteiger partial charge in [0.25, 0.3) is 6.01 Å². The van der Waals surface area contributed by atoms with Crippen LogP contribution in [0.1, 0.15) is 6.42 Å². The molecule has 0 aliphatic rings. The Labute approximate surface area is 106 Å². The van der Waals surface area contributed by atoms with Crippen LogP contribution in [0, 0.1) is 0 Å². The number of nitrogens with one attached hydrogen (secondary N) is 1. The Morgan fingerprint density at radius 3 is 3.17 bits per heavy atom. The second-order valence-corrected chi connectivity index (χ2v) is 3.86. The number of benzene rings is 1. The Morgan fingerprint density at radius 1 is 1.44 bits per heavy atom. The van der Waals surface area contributed by atoms with Crippen LogP contribution >= 0.6 is 0 Å². The molecule has 0 fully saturated rings. The highest BCUT2D eigenvalue weighted by Gasteiger charge is 2.04. The summed E-state index contributed by atoms with van der Waals surface area (Å²) < 4.78 is 10.9. The molecule has 0 saturated carbocycles. The van der Waals surface area contributed by atoms with Gasteiger partial charge in [0, 0.05) is 18.3 Å². The van der Waals surface area contributed by atoms with Crippen LogP contribution in [0.2, 0.25) is 0 Å². The third kappa shape index (κ3) is 3.24. The number of nitrogens with zero attached hydrogens (tertiary/aromatic N) is 1. The molecule has 18 heavy (non-hydrogen) atoms. The van der Waals surface area contributed by atoms with Crippen molar-refractivity contribution in [1.29, 1.82) is 0 Å². The van der Waals surface area contributed by atoms with E-state index in [0.717, 1.165) is 11.9 Å². The fraction of sp³-hybridized carbons (Fsp3) is 0.308. The number of oxazole rings is 1. The van der Waals surface area contributed by atoms with Gasteiger partial charge < -0.3 is 20.2 Å². The van der Waals surface area contributed by atoms with E-state index in [1.165, 1.54) is 0 Å². The fourth-order valence-electron chi connectivity index (χ4n) is 1.52. The van der Waals surface area contributed by atoms with Crippen molar-refractivity contribution in [2.75, 3.05) is 30.8 Å². The van der Waals surface area contributed by atoms with E-state index in [4.69, 9.17) is 14.9 Å². The molecule has 0 aliphatic heterocycles. The monoisotopic (exact) mass is 247 g/mol. The summed E-state index contributed by atoms with van der Waals surface area (Å²) >= 11 is 0. The normalized spacial score (nSPS) is 10.7. The Kier molecular flexibility index (Phi) is 4.20. The van der Waals surface area contributed by atoms with Gasteiger partial charge in [0.1, 0.15) is 5.52 Å². The fourth-order valence-corrected chi connectivity index (χ4v) is 1.52. The van der Waals surface area contributed by atoms with Crippen molar-refractivity contribution in [1.82, 2.24) is 4.98 Å². The summed E-state index contributed by atoms with van der Waals surface area (Å²) in [5.41, 5.74) is 7.81. The Bertz CT molecular complexity index is 522. The van der Waals surface area contributed by atoms with E-state index in [1.54, 1.807) is 12.1 Å². The highest BCUT2D eigenvalue weighted by Crippen LogP contribution is 2.20. The average molecular weight is 247 g/mol. The molecule has 1 aromatic carbocycles. The maximum absolute atomic E-state index is 5.67. The van der Waals surface area contributed by atoms with Gasteiger partial charge in [-0.05, 0) is 18.6 Å². The number of rotatable bonds is 7. The van der Waals surface area contributed by atoms with E-state index in [2.05, 4.69) is 16.9 Å². The lowest BCUT2D eigenvalue weighted by Gasteiger charge is -2.02. The third-order valence-electron chi connectivity index (χ3n) is 2.40. The molecule has 96 valence electrons. The summed E-state index contributed by atoms with van der Waals surface area (Å²) in [6.07, 6.45) is 2.70. The first kappa shape index (κ1) is 12.4. The predicted octanol–water partition coefficient (Wildman–Crippen LogP) is 2.41. The number of ether oxygens (including phenoxy) is 1. The highest BCUT2D eigenvalue weighted by atomic mass is 16.5. The molecule has 2 aromatic rings. The number of fused-ring (bicyclic) bond motifs is 1. The molecule has 0 spiro atoms. The number of anilines is 2. The van der Waals surface area contributed by atoms with Crippen LogP contribution in [0.3, 0.4) is 0 Å². The molecule has 0 unspecified atom stereocenters. The van der Waals surface area contributed by atoms with Gasteiger partial charge in [-0.2, -0.15) is 4.98 Å². The van der Waals surface area contributed by atoms with Crippen molar-refractivity contribution in [2.24, 2.45) is 0 Å². The molecule has 1 heterocycles. The zero-order valence-corrected chi connectivity index (χ0v) is 10.2. The second kappa shape index (κ2) is 6.07. The zero-order valence-electron chi connectivity index (χ0n) is 10.2. The standard InChI is InChI=1S/C13H17N3O2/c1-2-3-7-17-8-6-15-13-16-11-5-4-10(14)9-12(11)18-13/h2,4-5,9H,1,3,6-8,14H2,(H,15,16). The zero-order chi connectivity index (χ0) is 12.8. The molecule has 0 bridgehead atoms. The molecule has 0 radical (unpaired) electrons. The summed E-state index contributed by atoms with van der Waals surface area (Å²) in [7, 11) is 0. The maximum atomic E-state index is 5.67. The smallest absolute Gasteiger partial charge is 0.295 e. The first-order valence-corrected chi connectivity index (χ1v) is 5.88. The van der Waals surface area contributed by atoms with Crippen molar-refractivity contribution >= 4 is 22.8 Å². The molecule has 5 nitrogen and oxygen atoms in total. The Balaban J connectivity index is 1.82. The van der Waals surface area contributed by atoms with Gasteiger partial charge in [0.2, 0.25) is 0 Å². The lowest BCUT2D eigenvalue weighted by molar-refractivity contribution is 0.148. The minimum Gasteiger partial charge on any atom is -0.423 e. The largest absolute Gasteiger partial charge is 0.423 e. The van der Waals surface area contributed by atoms with Crippen LogP contribution in [0.5, 0.6) is 0 Å². The van der Waals surface area contributed by atoms with Gasteiger partial charge in [-0.25, -0.2) is 0 Å². The number of hydrogen-bond donors (Lipinski definition) is 2. The summed E-state index contributed by atoms with van der Waals surface area (Å²) in [4.78, 5) is 4.28. The summed E-state index contributed by atoms with van der Waals surface area (Å²) in [5.74, 6) is 0. The number of nitrogens with two attached hydrogens (primary N) is 1. The van der Waals surface area contributed by atoms with E-state index in [1.807, 2.05) is 12.1 Å². The predicted molar refractivity (Wildman–Crippen MR) is 72.5 cm³/mol. The summed E-state index contributed by atoms with van der Waals surface area (Å²) in [5, 5.41) is 3.06. The number of nitrogen functional groups attached to an aromatic ring is 1. The van der Waals surface area contributed by atoms with Gasteiger partial charge >= 0.3 is 0 Å². The van der Waals surface area contributed by atoms with Crippen LogP contribution in [0.4, 0.5) is 11.7 Å². The second-order valence-electron chi connectivity index (χ2n) is 3.86. The van der Waals surface area contributed by atoms with Gasteiger partial charge in [-0.3, -0.25) is 0 Å². The van der Waals surface area contributed by atoms with Crippen LogP contribution < -0.4 is 11.1 Å². The molecule has 5 heteroatoms. The van der Waals surface area contributed by atoms with Crippen molar-refractivity contribution in [2.45, 2.75) is 6.42 Å². The van der Waals surface area contributed by atoms with E-state index >= 15 is 0 Å². The topological polar surface area (TPSA) is 73.3 Å². The maximum Gasteiger partial charge on any atom is 0.295 e. The van der Waals surface area contributed by atoms with Crippen LogP contribution in [-0.2, 0) is 4.74 Å². The van der Waals surface area contributed by atoms with E-state index < -0.39 is 0 Å². The number of aromatic nitrogens is 1. The first-order valence-electron chi connectivity index (χ1n) is 5.88. The lowest BCUT2D eigenvalue weighted by atomic mass is 10.3. The Morgan fingerprint density at radius 2 is 2.33 bits per heavy atom. The van der Waals surface area contributed by atoms with Gasteiger partial charge in [0.15, 0.2) is 5.58 Å². The molecule has 0 atom stereocenters. The van der Waals surface area contributed by atoms with E-state index in [9.17, 15) is 0 Å². The SMILES string of the molecule is C=CCCOCCNc1nc2ccc(N)cc2o1. The quantitative estimate of drug-likeness (QED) is 0.446.